The number of amides is 2. The van der Waals surface area contributed by atoms with Gasteiger partial charge in [-0.25, -0.2) is 4.39 Å². The van der Waals surface area contributed by atoms with Crippen molar-refractivity contribution in [2.45, 2.75) is 13.3 Å². The van der Waals surface area contributed by atoms with Crippen molar-refractivity contribution in [3.05, 3.63) is 53.7 Å². The number of rotatable bonds is 8. The normalized spacial score (nSPS) is 13.6. The van der Waals surface area contributed by atoms with E-state index in [0.717, 1.165) is 0 Å². The molecule has 2 heterocycles. The molecule has 1 saturated heterocycles. The van der Waals surface area contributed by atoms with E-state index in [-0.39, 0.29) is 30.4 Å². The molecule has 10 heteroatoms. The smallest absolute Gasteiger partial charge is 0.308 e. The van der Waals surface area contributed by atoms with E-state index < -0.39 is 24.3 Å². The number of benzene rings is 1. The number of esters is 1. The number of nitrogens with one attached hydrogen (secondary N) is 1. The molecule has 2 amide bonds. The van der Waals surface area contributed by atoms with Crippen LogP contribution in [0.25, 0.3) is 0 Å². The fraction of sp³-hybridized carbons (Fsp3) is 0.364. The first kappa shape index (κ1) is 23.0. The molecule has 170 valence electrons. The predicted molar refractivity (Wildman–Crippen MR) is 112 cm³/mol. The Morgan fingerprint density at radius 2 is 1.88 bits per heavy atom. The molecule has 3 rings (SSSR count). The molecule has 0 radical (unpaired) electrons. The summed E-state index contributed by atoms with van der Waals surface area (Å²) in [4.78, 5) is 50.5. The Bertz CT molecular complexity index is 984. The van der Waals surface area contributed by atoms with Crippen LogP contribution in [0.3, 0.4) is 0 Å². The van der Waals surface area contributed by atoms with Gasteiger partial charge in [-0.2, -0.15) is 0 Å². The number of furan rings is 1. The standard InChI is InChI=1S/C22H24FN3O6/c1-15(27)16-4-5-18(17(23)13-16)25-8-10-26(11-9-25)20(28)14-32-21(29)6-7-24-22(30)19-3-2-12-31-19/h2-5,12-13H,6-11,14H2,1H3,(H,24,30). The van der Waals surface area contributed by atoms with Gasteiger partial charge in [-0.15, -0.1) is 0 Å². The third kappa shape index (κ3) is 5.93. The third-order valence-electron chi connectivity index (χ3n) is 5.04. The van der Waals surface area contributed by atoms with Gasteiger partial charge in [0.05, 0.1) is 18.4 Å². The highest BCUT2D eigenvalue weighted by atomic mass is 19.1. The molecule has 0 unspecified atom stereocenters. The summed E-state index contributed by atoms with van der Waals surface area (Å²) in [5.41, 5.74) is 0.688. The largest absolute Gasteiger partial charge is 0.459 e. The lowest BCUT2D eigenvalue weighted by molar-refractivity contribution is -0.152. The van der Waals surface area contributed by atoms with Crippen molar-refractivity contribution in [1.29, 1.82) is 0 Å². The van der Waals surface area contributed by atoms with Gasteiger partial charge < -0.3 is 24.3 Å². The second-order valence-electron chi connectivity index (χ2n) is 7.23. The monoisotopic (exact) mass is 445 g/mol. The number of carbonyl (C=O) groups is 4. The molecule has 0 aliphatic carbocycles. The number of ketones is 1. The maximum Gasteiger partial charge on any atom is 0.308 e. The lowest BCUT2D eigenvalue weighted by atomic mass is 10.1. The van der Waals surface area contributed by atoms with E-state index >= 15 is 0 Å². The van der Waals surface area contributed by atoms with E-state index in [1.165, 1.54) is 25.3 Å². The Labute approximate surface area is 184 Å². The number of Topliss-reactive ketones (excluding diaryl/α,β-unsaturated/α-hetero) is 1. The molecular formula is C22H24FN3O6. The predicted octanol–water partition coefficient (Wildman–Crippen LogP) is 1.63. The highest BCUT2D eigenvalue weighted by Crippen LogP contribution is 2.22. The molecule has 1 fully saturated rings. The van der Waals surface area contributed by atoms with E-state index in [9.17, 15) is 23.6 Å². The minimum absolute atomic E-state index is 0.0548. The van der Waals surface area contributed by atoms with Gasteiger partial charge in [-0.05, 0) is 37.3 Å². The van der Waals surface area contributed by atoms with Crippen LogP contribution in [0.1, 0.15) is 34.3 Å². The van der Waals surface area contributed by atoms with E-state index in [1.807, 2.05) is 0 Å². The Morgan fingerprint density at radius 1 is 1.12 bits per heavy atom. The van der Waals surface area contributed by atoms with Crippen LogP contribution in [0.5, 0.6) is 0 Å². The fourth-order valence-electron chi connectivity index (χ4n) is 3.26. The molecule has 1 aliphatic heterocycles. The van der Waals surface area contributed by atoms with Crippen LogP contribution in [0.4, 0.5) is 10.1 Å². The van der Waals surface area contributed by atoms with Gasteiger partial charge in [0.1, 0.15) is 5.82 Å². The van der Waals surface area contributed by atoms with E-state index in [1.54, 1.807) is 28.0 Å². The van der Waals surface area contributed by atoms with Crippen molar-refractivity contribution < 1.29 is 32.7 Å². The molecule has 0 saturated carbocycles. The number of carbonyl (C=O) groups excluding carboxylic acids is 4. The van der Waals surface area contributed by atoms with Gasteiger partial charge in [0.25, 0.3) is 11.8 Å². The summed E-state index contributed by atoms with van der Waals surface area (Å²) in [5.74, 6) is -1.94. The average molecular weight is 445 g/mol. The first-order valence-corrected chi connectivity index (χ1v) is 10.2. The van der Waals surface area contributed by atoms with E-state index in [0.29, 0.717) is 37.4 Å². The summed E-state index contributed by atoms with van der Waals surface area (Å²) >= 11 is 0. The molecule has 32 heavy (non-hydrogen) atoms. The topological polar surface area (TPSA) is 109 Å². The molecule has 1 aromatic heterocycles. The van der Waals surface area contributed by atoms with Crippen LogP contribution >= 0.6 is 0 Å². The third-order valence-corrected chi connectivity index (χ3v) is 5.04. The minimum Gasteiger partial charge on any atom is -0.459 e. The van der Waals surface area contributed by atoms with Gasteiger partial charge in [0, 0.05) is 38.3 Å². The van der Waals surface area contributed by atoms with Gasteiger partial charge >= 0.3 is 5.97 Å². The summed E-state index contributed by atoms with van der Waals surface area (Å²) in [7, 11) is 0. The molecule has 1 aliphatic rings. The second kappa shape index (κ2) is 10.6. The Morgan fingerprint density at radius 3 is 2.50 bits per heavy atom. The van der Waals surface area contributed by atoms with Crippen molar-refractivity contribution >= 4 is 29.3 Å². The number of halogens is 1. The van der Waals surface area contributed by atoms with Crippen LogP contribution in [0.15, 0.2) is 41.0 Å². The van der Waals surface area contributed by atoms with Crippen LogP contribution in [-0.2, 0) is 14.3 Å². The van der Waals surface area contributed by atoms with Crippen molar-refractivity contribution in [1.82, 2.24) is 10.2 Å². The van der Waals surface area contributed by atoms with Crippen molar-refractivity contribution in [2.75, 3.05) is 44.2 Å². The van der Waals surface area contributed by atoms with Gasteiger partial charge in [0.15, 0.2) is 18.2 Å². The molecule has 1 aromatic carbocycles. The van der Waals surface area contributed by atoms with Crippen molar-refractivity contribution in [2.24, 2.45) is 0 Å². The summed E-state index contributed by atoms with van der Waals surface area (Å²) in [6.45, 7) is 2.56. The summed E-state index contributed by atoms with van der Waals surface area (Å²) in [6.07, 6.45) is 1.29. The number of hydrogen-bond acceptors (Lipinski definition) is 7. The molecule has 0 bridgehead atoms. The number of anilines is 1. The maximum atomic E-state index is 14.3. The van der Waals surface area contributed by atoms with Crippen molar-refractivity contribution in [3.63, 3.8) is 0 Å². The van der Waals surface area contributed by atoms with E-state index in [2.05, 4.69) is 5.32 Å². The van der Waals surface area contributed by atoms with Crippen LogP contribution in [0, 0.1) is 5.82 Å². The zero-order valence-corrected chi connectivity index (χ0v) is 17.6. The molecule has 1 N–H and O–H groups in total. The van der Waals surface area contributed by atoms with Crippen molar-refractivity contribution in [3.8, 4) is 0 Å². The van der Waals surface area contributed by atoms with Gasteiger partial charge in [-0.3, -0.25) is 19.2 Å². The molecule has 9 nitrogen and oxygen atoms in total. The quantitative estimate of drug-likeness (QED) is 0.486. The SMILES string of the molecule is CC(=O)c1ccc(N2CCN(C(=O)COC(=O)CCNC(=O)c3ccco3)CC2)c(F)c1. The Balaban J connectivity index is 1.37. The fourth-order valence-corrected chi connectivity index (χ4v) is 3.26. The molecule has 0 spiro atoms. The Kier molecular flexibility index (Phi) is 7.58. The summed E-state index contributed by atoms with van der Waals surface area (Å²) in [6, 6.07) is 7.44. The zero-order chi connectivity index (χ0) is 23.1. The van der Waals surface area contributed by atoms with Gasteiger partial charge in [0.2, 0.25) is 0 Å². The number of piperazine rings is 1. The lowest BCUT2D eigenvalue weighted by Crippen LogP contribution is -2.50. The Hall–Kier alpha value is -3.69. The van der Waals surface area contributed by atoms with Crippen LogP contribution in [0.2, 0.25) is 0 Å². The molecular weight excluding hydrogens is 421 g/mol. The number of hydrogen-bond donors (Lipinski definition) is 1. The maximum absolute atomic E-state index is 14.3. The van der Waals surface area contributed by atoms with Crippen LogP contribution in [-0.4, -0.2) is 67.8 Å². The zero-order valence-electron chi connectivity index (χ0n) is 17.6. The average Bonchev–Trinajstić information content (AvgIpc) is 3.32. The lowest BCUT2D eigenvalue weighted by Gasteiger charge is -2.36. The molecule has 0 atom stereocenters. The first-order chi connectivity index (χ1) is 15.3. The summed E-state index contributed by atoms with van der Waals surface area (Å²) < 4.78 is 24.3. The highest BCUT2D eigenvalue weighted by Gasteiger charge is 2.24. The van der Waals surface area contributed by atoms with E-state index in [4.69, 9.17) is 9.15 Å². The minimum atomic E-state index is -0.607. The number of nitrogens with zero attached hydrogens (tertiary/aromatic N) is 2. The molecule has 2 aromatic rings. The highest BCUT2D eigenvalue weighted by molar-refractivity contribution is 5.94. The van der Waals surface area contributed by atoms with Gasteiger partial charge in [-0.1, -0.05) is 0 Å². The second-order valence-corrected chi connectivity index (χ2v) is 7.23. The summed E-state index contributed by atoms with van der Waals surface area (Å²) in [5, 5.41) is 2.52. The first-order valence-electron chi connectivity index (χ1n) is 10.2. The number of ether oxygens (including phenoxy) is 1. The van der Waals surface area contributed by atoms with Crippen LogP contribution < -0.4 is 10.2 Å².